The number of hydrogen-bond donors (Lipinski definition) is 0. The van der Waals surface area contributed by atoms with Gasteiger partial charge in [-0.05, 0) is 196 Å². The van der Waals surface area contributed by atoms with E-state index in [0.717, 1.165) is 0 Å². The highest BCUT2D eigenvalue weighted by molar-refractivity contribution is 6.93. The van der Waals surface area contributed by atoms with Gasteiger partial charge in [0.2, 0.25) is 8.32 Å². The Kier molecular flexibility index (Phi) is 22.6. The fraction of sp³-hybridized carbons (Fsp3) is 0.784. The highest BCUT2D eigenvalue weighted by Gasteiger charge is 2.50. The average molecular weight is 1090 g/mol. The quantitative estimate of drug-likeness (QED) is 0.0692. The lowest BCUT2D eigenvalue weighted by molar-refractivity contribution is 0.204. The first kappa shape index (κ1) is 61.3. The molecule has 0 aromatic heterocycles. The van der Waals surface area contributed by atoms with Crippen LogP contribution in [0.3, 0.4) is 0 Å². The van der Waals surface area contributed by atoms with Crippen LogP contribution in [0.25, 0.3) is 5.57 Å². The minimum absolute atomic E-state index is 0.00386. The second-order valence-corrected chi connectivity index (χ2v) is 60.3. The number of hydrogen-bond acceptors (Lipinski definition) is 12. The summed E-state index contributed by atoms with van der Waals surface area (Å²) in [6, 6.07) is 0. The molecule has 1 aromatic rings. The molecular formula is C37H92O12Si13. The van der Waals surface area contributed by atoms with Crippen molar-refractivity contribution in [3.63, 3.8) is 0 Å². The van der Waals surface area contributed by atoms with E-state index in [2.05, 4.69) is 168 Å². The van der Waals surface area contributed by atoms with Crippen molar-refractivity contribution in [3.05, 3.63) is 38.6 Å². The van der Waals surface area contributed by atoms with Gasteiger partial charge in [0.1, 0.15) is 10.5 Å². The van der Waals surface area contributed by atoms with Gasteiger partial charge in [-0.25, -0.2) is 0 Å². The van der Waals surface area contributed by atoms with Crippen LogP contribution in [0.5, 0.6) is 0 Å². The molecule has 0 saturated carbocycles. The van der Waals surface area contributed by atoms with Crippen molar-refractivity contribution in [2.24, 2.45) is 10.8 Å². The SMILES string of the molecule is CC(=C(c1c(C)c(C)c(C)c(C)c1C)C(C)(C)C(C)(C)C)[Si](C)(C)O[Si](C)(C)O[Si](C)(C)O[Si](C)(C)O[Si](C)(C)O[Si](C)(C)O[Si](C)(C)O[Si](C)(C)O[SiH2]O[SiH2]O[SiH2]O[SiH2]O[SiH3]. The lowest BCUT2D eigenvalue weighted by Crippen LogP contribution is -2.61. The fourth-order valence-corrected chi connectivity index (χ4v) is 55.7. The molecule has 1 aromatic carbocycles. The molecule has 25 heteroatoms. The van der Waals surface area contributed by atoms with E-state index in [4.69, 9.17) is 49.4 Å². The van der Waals surface area contributed by atoms with Gasteiger partial charge < -0.3 is 49.4 Å². The van der Waals surface area contributed by atoms with Gasteiger partial charge in [-0.2, -0.15) is 0 Å². The molecule has 0 aliphatic heterocycles. The summed E-state index contributed by atoms with van der Waals surface area (Å²) >= 11 is 0. The summed E-state index contributed by atoms with van der Waals surface area (Å²) < 4.78 is 76.9. The number of rotatable bonds is 26. The van der Waals surface area contributed by atoms with Crippen molar-refractivity contribution in [2.75, 3.05) is 0 Å². The third-order valence-corrected chi connectivity index (χ3v) is 49.4. The van der Waals surface area contributed by atoms with E-state index in [1.807, 2.05) is 13.1 Å². The van der Waals surface area contributed by atoms with Gasteiger partial charge >= 0.3 is 59.9 Å². The summed E-state index contributed by atoms with van der Waals surface area (Å²) in [7, 11) is -24.8. The smallest absolute Gasteiger partial charge is 0.314 e. The lowest BCUT2D eigenvalue weighted by Gasteiger charge is -2.46. The molecule has 62 heavy (non-hydrogen) atoms. The van der Waals surface area contributed by atoms with E-state index in [0.29, 0.717) is 10.5 Å². The van der Waals surface area contributed by atoms with Crippen LogP contribution < -0.4 is 0 Å². The summed E-state index contributed by atoms with van der Waals surface area (Å²) in [4.78, 5) is 0. The van der Waals surface area contributed by atoms with E-state index < -0.39 is 108 Å². The predicted octanol–water partition coefficient (Wildman–Crippen LogP) is 7.21. The maximum absolute atomic E-state index is 7.38. The number of benzene rings is 1. The van der Waals surface area contributed by atoms with E-state index in [-0.39, 0.29) is 10.8 Å². The molecule has 0 spiro atoms. The van der Waals surface area contributed by atoms with Gasteiger partial charge in [0.15, 0.2) is 0 Å². The molecule has 0 radical (unpaired) electrons. The second-order valence-electron chi connectivity index (χ2n) is 21.9. The first-order valence-corrected chi connectivity index (χ1v) is 50.1. The molecule has 364 valence electrons. The molecule has 1 rings (SSSR count). The van der Waals surface area contributed by atoms with Crippen molar-refractivity contribution in [2.45, 2.75) is 181 Å². The minimum atomic E-state index is -2.77. The molecule has 0 aliphatic rings. The third-order valence-electron chi connectivity index (χ3n) is 11.5. The molecule has 0 aliphatic carbocycles. The van der Waals surface area contributed by atoms with Crippen molar-refractivity contribution < 1.29 is 49.4 Å². The minimum Gasteiger partial charge on any atom is -0.449 e. The number of allylic oxidation sites excluding steroid dienone is 2. The first-order chi connectivity index (χ1) is 27.5. The molecule has 0 atom stereocenters. The summed E-state index contributed by atoms with van der Waals surface area (Å²) in [5, 5.41) is 1.37. The average Bonchev–Trinajstić information content (AvgIpc) is 3.00. The summed E-state index contributed by atoms with van der Waals surface area (Å²) in [6.07, 6.45) is 0. The van der Waals surface area contributed by atoms with Crippen LogP contribution in [-0.2, 0) is 49.4 Å². The first-order valence-electron chi connectivity index (χ1n) is 22.0. The van der Waals surface area contributed by atoms with Crippen molar-refractivity contribution in [1.82, 2.24) is 0 Å². The van der Waals surface area contributed by atoms with Crippen molar-refractivity contribution in [3.8, 4) is 0 Å². The Bertz CT molecular complexity index is 1650. The Hall–Kier alpha value is 1.30. The van der Waals surface area contributed by atoms with Gasteiger partial charge in [0, 0.05) is 0 Å². The zero-order chi connectivity index (χ0) is 48.9. The molecule has 0 saturated heterocycles. The molecule has 12 nitrogen and oxygen atoms in total. The standard InChI is InChI=1S/C37H92O12Si13/c1-28-29(2)31(4)34(32(5)30(28)3)35(37(10,11)36(7,8)9)33(6)55(12,13)43-57(16,17)45-59(20,21)47-61(24,25)49-62(26,27)48-60(22,23)46-58(18,19)44-56(14,15)42-54-41-53-40-52-39-51-38-50/h51-54H2,1-27,50H3. The third kappa shape index (κ3) is 19.4. The van der Waals surface area contributed by atoms with Gasteiger partial charge in [-0.3, -0.25) is 0 Å². The van der Waals surface area contributed by atoms with Crippen LogP contribution in [-0.4, -0.2) is 119 Å². The van der Waals surface area contributed by atoms with E-state index in [1.165, 1.54) is 44.2 Å². The maximum Gasteiger partial charge on any atom is 0.314 e. The zero-order valence-electron chi connectivity index (χ0n) is 44.7. The summed E-state index contributed by atoms with van der Waals surface area (Å²) in [5.74, 6) is 0. The van der Waals surface area contributed by atoms with Crippen LogP contribution in [0.4, 0.5) is 0 Å². The van der Waals surface area contributed by atoms with Crippen LogP contribution in [0.2, 0.25) is 105 Å². The fourth-order valence-electron chi connectivity index (χ4n) is 8.40. The Labute approximate surface area is 401 Å². The normalized spacial score (nSPS) is 15.9. The van der Waals surface area contributed by atoms with E-state index >= 15 is 0 Å². The van der Waals surface area contributed by atoms with Crippen LogP contribution >= 0.6 is 0 Å². The molecule has 0 amide bonds. The summed E-state index contributed by atoms with van der Waals surface area (Å²) in [6.45, 7) is 59.7. The van der Waals surface area contributed by atoms with Gasteiger partial charge in [0.25, 0.3) is 40.0 Å². The van der Waals surface area contributed by atoms with E-state index in [1.54, 1.807) is 0 Å². The van der Waals surface area contributed by atoms with E-state index in [9.17, 15) is 0 Å². The highest BCUT2D eigenvalue weighted by Crippen LogP contribution is 2.53. The predicted molar refractivity (Wildman–Crippen MR) is 293 cm³/mol. The molecular weight excluding hydrogens is 1000 g/mol. The molecule has 0 unspecified atom stereocenters. The summed E-state index contributed by atoms with van der Waals surface area (Å²) in [5.41, 5.74) is 9.53. The molecule has 0 N–H and O–H groups in total. The molecule has 0 heterocycles. The zero-order valence-corrected chi connectivity index (χ0v) is 60.4. The molecule has 0 bridgehead atoms. The Morgan fingerprint density at radius 2 is 0.710 bits per heavy atom. The monoisotopic (exact) mass is 1090 g/mol. The van der Waals surface area contributed by atoms with Gasteiger partial charge in [-0.1, -0.05) is 39.8 Å². The Morgan fingerprint density at radius 3 is 1.05 bits per heavy atom. The Morgan fingerprint density at radius 1 is 0.419 bits per heavy atom. The van der Waals surface area contributed by atoms with Crippen molar-refractivity contribution in [1.29, 1.82) is 0 Å². The molecule has 0 fully saturated rings. The topological polar surface area (TPSA) is 111 Å². The Balaban J connectivity index is 3.22. The van der Waals surface area contributed by atoms with Crippen molar-refractivity contribution >= 4 is 124 Å². The van der Waals surface area contributed by atoms with Crippen LogP contribution in [0.15, 0.2) is 5.20 Å². The second kappa shape index (κ2) is 22.8. The van der Waals surface area contributed by atoms with Gasteiger partial charge in [0.05, 0.1) is 0 Å². The highest BCUT2D eigenvalue weighted by atomic mass is 28.5. The van der Waals surface area contributed by atoms with Crippen LogP contribution in [0.1, 0.15) is 74.9 Å². The van der Waals surface area contributed by atoms with Crippen LogP contribution in [0, 0.1) is 45.4 Å². The van der Waals surface area contributed by atoms with Gasteiger partial charge in [-0.15, -0.1) is 0 Å². The maximum atomic E-state index is 7.38. The largest absolute Gasteiger partial charge is 0.449 e. The lowest BCUT2D eigenvalue weighted by atomic mass is 9.62.